The molecule has 0 spiro atoms. The second kappa shape index (κ2) is 9.83. The highest BCUT2D eigenvalue weighted by Crippen LogP contribution is 2.59. The van der Waals surface area contributed by atoms with Gasteiger partial charge in [0.05, 0.1) is 24.0 Å². The Bertz CT molecular complexity index is 1230. The van der Waals surface area contributed by atoms with Crippen LogP contribution in [0.4, 0.5) is 13.2 Å². The maximum Gasteiger partial charge on any atom is 0.364 e. The summed E-state index contributed by atoms with van der Waals surface area (Å²) >= 11 is 4.15. The number of alkyl halides is 3. The average Bonchev–Trinajstić information content (AvgIpc) is 3.40. The zero-order valence-electron chi connectivity index (χ0n) is 18.3. The largest absolute Gasteiger partial charge is 0.743 e. The fourth-order valence-electron chi connectivity index (χ4n) is 5.16. The molecule has 2 aliphatic carbocycles. The number of hydrogen-bond acceptors (Lipinski definition) is 9. The van der Waals surface area contributed by atoms with Crippen LogP contribution in [0.25, 0.3) is 0 Å². The van der Waals surface area contributed by atoms with Crippen LogP contribution in [-0.2, 0) is 33.9 Å². The molecule has 1 heterocycles. The lowest BCUT2D eigenvalue weighted by Crippen LogP contribution is -2.44. The normalized spacial score (nSPS) is 29.7. The molecule has 1 aliphatic heterocycles. The highest BCUT2D eigenvalue weighted by atomic mass is 127. The summed E-state index contributed by atoms with van der Waals surface area (Å²) in [5.74, 6) is -5.42. The number of benzene rings is 1. The van der Waals surface area contributed by atoms with Gasteiger partial charge in [-0.2, -0.15) is 8.78 Å². The topological polar surface area (TPSA) is 136 Å². The van der Waals surface area contributed by atoms with E-state index in [0.717, 1.165) is 9.13 Å². The van der Waals surface area contributed by atoms with Crippen molar-refractivity contribution in [3.63, 3.8) is 0 Å². The number of esters is 3. The van der Waals surface area contributed by atoms with Crippen LogP contribution in [0, 0.1) is 37.7 Å². The first-order valence-corrected chi connectivity index (χ1v) is 14.2. The molecule has 198 valence electrons. The molecular formula is C21H18F3I2O9S-. The van der Waals surface area contributed by atoms with Gasteiger partial charge in [0.2, 0.25) is 0 Å². The van der Waals surface area contributed by atoms with Crippen LogP contribution in [0.15, 0.2) is 12.1 Å². The van der Waals surface area contributed by atoms with Gasteiger partial charge in [0.1, 0.15) is 12.2 Å². The molecular weight excluding hydrogens is 739 g/mol. The van der Waals surface area contributed by atoms with E-state index in [4.69, 9.17) is 14.2 Å². The summed E-state index contributed by atoms with van der Waals surface area (Å²) in [5.41, 5.74) is 1.19. The summed E-state index contributed by atoms with van der Waals surface area (Å²) in [7, 11) is -6.25. The van der Waals surface area contributed by atoms with Crippen molar-refractivity contribution in [3.05, 3.63) is 30.4 Å². The van der Waals surface area contributed by atoms with Crippen molar-refractivity contribution in [3.8, 4) is 0 Å². The minimum Gasteiger partial charge on any atom is -0.743 e. The van der Waals surface area contributed by atoms with Gasteiger partial charge in [-0.05, 0) is 76.2 Å². The van der Waals surface area contributed by atoms with Crippen molar-refractivity contribution in [2.24, 2.45) is 23.7 Å². The van der Waals surface area contributed by atoms with Crippen LogP contribution in [0.2, 0.25) is 0 Å². The van der Waals surface area contributed by atoms with Crippen LogP contribution in [0.5, 0.6) is 0 Å². The van der Waals surface area contributed by atoms with E-state index in [0.29, 0.717) is 15.6 Å². The van der Waals surface area contributed by atoms with Crippen molar-refractivity contribution < 1.29 is 54.7 Å². The van der Waals surface area contributed by atoms with Gasteiger partial charge >= 0.3 is 23.2 Å². The van der Waals surface area contributed by atoms with Gasteiger partial charge in [-0.15, -0.1) is 0 Å². The predicted octanol–water partition coefficient (Wildman–Crippen LogP) is 2.95. The van der Waals surface area contributed by atoms with Crippen LogP contribution in [-0.4, -0.2) is 61.1 Å². The number of fused-ring (bicyclic) bond motifs is 1. The quantitative estimate of drug-likeness (QED) is 0.170. The Balaban J connectivity index is 1.45. The Morgan fingerprint density at radius 3 is 2.58 bits per heavy atom. The van der Waals surface area contributed by atoms with Crippen LogP contribution in [0.3, 0.4) is 0 Å². The molecule has 15 heteroatoms. The van der Waals surface area contributed by atoms with Crippen molar-refractivity contribution in [2.45, 2.75) is 43.4 Å². The molecule has 2 bridgehead atoms. The molecule has 4 rings (SSSR count). The molecule has 9 nitrogen and oxygen atoms in total. The van der Waals surface area contributed by atoms with Crippen molar-refractivity contribution in [2.75, 3.05) is 6.61 Å². The fraction of sp³-hybridized carbons (Fsp3) is 0.571. The summed E-state index contributed by atoms with van der Waals surface area (Å²) < 4.78 is 89.5. The lowest BCUT2D eigenvalue weighted by molar-refractivity contribution is -0.157. The molecule has 1 aromatic carbocycles. The van der Waals surface area contributed by atoms with Crippen molar-refractivity contribution in [1.29, 1.82) is 0 Å². The molecule has 0 radical (unpaired) electrons. The summed E-state index contributed by atoms with van der Waals surface area (Å²) in [4.78, 5) is 38.2. The monoisotopic (exact) mass is 757 g/mol. The maximum absolute atomic E-state index is 13.7. The zero-order valence-corrected chi connectivity index (χ0v) is 23.4. The highest BCUT2D eigenvalue weighted by Gasteiger charge is 2.70. The van der Waals surface area contributed by atoms with E-state index < -0.39 is 88.4 Å². The van der Waals surface area contributed by atoms with Gasteiger partial charge in [0.25, 0.3) is 0 Å². The molecule has 7 unspecified atom stereocenters. The van der Waals surface area contributed by atoms with Gasteiger partial charge in [0.15, 0.2) is 16.3 Å². The third kappa shape index (κ3) is 4.61. The molecule has 36 heavy (non-hydrogen) atoms. The van der Waals surface area contributed by atoms with Crippen LogP contribution in [0.1, 0.15) is 28.8 Å². The molecule has 2 saturated carbocycles. The first-order chi connectivity index (χ1) is 16.7. The van der Waals surface area contributed by atoms with Gasteiger partial charge in [0, 0.05) is 25.4 Å². The molecule has 0 aromatic heterocycles. The Morgan fingerprint density at radius 2 is 1.94 bits per heavy atom. The standard InChI is InChI=1S/C21H19F3I2O9S/c1-7-11(25)3-2-8(15(7)26)18(27)34-16-9-6-10-14(20(29)35-17(10)16)13(9)19(28)33-5-4-12(22)21(23,24)36(30,31)32/h2-3,9-10,12-14,16-17H,4-6H2,1H3,(H,30,31,32)/p-1. The Labute approximate surface area is 230 Å². The minimum absolute atomic E-state index is 0.305. The Hall–Kier alpha value is -1.21. The average molecular weight is 757 g/mol. The van der Waals surface area contributed by atoms with Crippen molar-refractivity contribution in [1.82, 2.24) is 0 Å². The predicted molar refractivity (Wildman–Crippen MR) is 129 cm³/mol. The third-order valence-corrected chi connectivity index (χ3v) is 10.4. The Kier molecular flexibility index (Phi) is 7.60. The van der Waals surface area contributed by atoms with E-state index in [2.05, 4.69) is 22.6 Å². The summed E-state index contributed by atoms with van der Waals surface area (Å²) in [6.45, 7) is 0.895. The van der Waals surface area contributed by atoms with Crippen molar-refractivity contribution >= 4 is 73.2 Å². The second-order valence-electron chi connectivity index (χ2n) is 8.86. The number of hydrogen-bond donors (Lipinski definition) is 0. The molecule has 0 amide bonds. The van der Waals surface area contributed by atoms with E-state index >= 15 is 0 Å². The number of carbonyl (C=O) groups excluding carboxylic acids is 3. The van der Waals surface area contributed by atoms with Gasteiger partial charge in [-0.1, -0.05) is 0 Å². The van der Waals surface area contributed by atoms with Gasteiger partial charge in [-0.25, -0.2) is 17.6 Å². The van der Waals surface area contributed by atoms with E-state index in [-0.39, 0.29) is 0 Å². The first kappa shape index (κ1) is 27.8. The lowest BCUT2D eigenvalue weighted by Gasteiger charge is -2.30. The van der Waals surface area contributed by atoms with E-state index in [1.54, 1.807) is 12.1 Å². The minimum atomic E-state index is -6.25. The van der Waals surface area contributed by atoms with E-state index in [1.807, 2.05) is 29.5 Å². The zero-order chi connectivity index (χ0) is 26.7. The molecule has 7 atom stereocenters. The second-order valence-corrected chi connectivity index (χ2v) is 12.6. The van der Waals surface area contributed by atoms with Gasteiger partial charge in [-0.3, -0.25) is 9.59 Å². The summed E-state index contributed by atoms with van der Waals surface area (Å²) in [6.07, 6.45) is -6.00. The molecule has 1 aromatic rings. The molecule has 3 aliphatic rings. The van der Waals surface area contributed by atoms with E-state index in [1.165, 1.54) is 0 Å². The van der Waals surface area contributed by atoms with Gasteiger partial charge < -0.3 is 18.8 Å². The maximum atomic E-state index is 13.7. The number of halogens is 5. The van der Waals surface area contributed by atoms with E-state index in [9.17, 15) is 40.5 Å². The van der Waals surface area contributed by atoms with Crippen LogP contribution >= 0.6 is 45.2 Å². The molecule has 0 N–H and O–H groups in total. The van der Waals surface area contributed by atoms with Crippen LogP contribution < -0.4 is 0 Å². The molecule has 3 fully saturated rings. The SMILES string of the molecule is Cc1c(I)ccc(C(=O)OC2C3CC4C2OC(=O)C4C3C(=O)OCCC(F)C(F)(F)S(=O)(=O)[O-])c1I. The Morgan fingerprint density at radius 1 is 1.28 bits per heavy atom. The first-order valence-electron chi connectivity index (χ1n) is 10.7. The number of rotatable bonds is 8. The number of ether oxygens (including phenoxy) is 3. The smallest absolute Gasteiger partial charge is 0.364 e. The lowest BCUT2D eigenvalue weighted by atomic mass is 9.78. The summed E-state index contributed by atoms with van der Waals surface area (Å²) in [6, 6.07) is 3.35. The number of carbonyl (C=O) groups is 3. The third-order valence-electron chi connectivity index (χ3n) is 6.92. The summed E-state index contributed by atoms with van der Waals surface area (Å²) in [5, 5.41) is -5.18. The molecule has 1 saturated heterocycles. The highest BCUT2D eigenvalue weighted by molar-refractivity contribution is 14.1. The fourth-order valence-corrected chi connectivity index (χ4v) is 7.25.